The lowest BCUT2D eigenvalue weighted by Crippen LogP contribution is -2.36. The van der Waals surface area contributed by atoms with Gasteiger partial charge in [-0.05, 0) is 62.1 Å². The molecule has 2 aromatic rings. The minimum Gasteiger partial charge on any atom is -0.359 e. The number of hydrogen-bond donors (Lipinski definition) is 1. The summed E-state index contributed by atoms with van der Waals surface area (Å²) in [5, 5.41) is 3.33. The lowest BCUT2D eigenvalue weighted by molar-refractivity contribution is -0.129. The predicted octanol–water partition coefficient (Wildman–Crippen LogP) is 3.50. The average Bonchev–Trinajstić information content (AvgIpc) is 3.53. The fourth-order valence-electron chi connectivity index (χ4n) is 3.93. The van der Waals surface area contributed by atoms with Crippen LogP contribution in [0.2, 0.25) is 0 Å². The maximum Gasteiger partial charge on any atom is 0.219 e. The zero-order chi connectivity index (χ0) is 20.4. The summed E-state index contributed by atoms with van der Waals surface area (Å²) in [5.41, 5.74) is 2.17. The number of nitrogens with zero attached hydrogens (tertiary/aromatic N) is 5. The average molecular weight is 395 g/mol. The summed E-state index contributed by atoms with van der Waals surface area (Å²) < 4.78 is 0. The van der Waals surface area contributed by atoms with Crippen LogP contribution in [0, 0.1) is 12.8 Å². The highest BCUT2D eigenvalue weighted by Gasteiger charge is 2.26. The smallest absolute Gasteiger partial charge is 0.219 e. The molecule has 0 bridgehead atoms. The molecule has 0 unspecified atom stereocenters. The van der Waals surface area contributed by atoms with E-state index in [0.717, 1.165) is 55.7 Å². The van der Waals surface area contributed by atoms with E-state index >= 15 is 0 Å². The summed E-state index contributed by atoms with van der Waals surface area (Å²) in [6, 6.07) is 4.35. The summed E-state index contributed by atoms with van der Waals surface area (Å²) >= 11 is 0. The molecule has 2 aliphatic rings. The molecule has 0 radical (unpaired) electrons. The fourth-order valence-corrected chi connectivity index (χ4v) is 3.93. The van der Waals surface area contributed by atoms with Crippen molar-refractivity contribution in [2.45, 2.75) is 45.4 Å². The van der Waals surface area contributed by atoms with Crippen molar-refractivity contribution in [2.24, 2.45) is 5.92 Å². The van der Waals surface area contributed by atoms with E-state index in [4.69, 9.17) is 4.98 Å². The number of carbonyl (C=O) groups is 1. The normalized spacial score (nSPS) is 17.3. The van der Waals surface area contributed by atoms with Gasteiger partial charge in [-0.25, -0.2) is 9.97 Å². The Hall–Kier alpha value is -2.70. The second-order valence-electron chi connectivity index (χ2n) is 8.42. The molecule has 1 N–H and O–H groups in total. The highest BCUT2D eigenvalue weighted by atomic mass is 16.2. The van der Waals surface area contributed by atoms with Gasteiger partial charge >= 0.3 is 0 Å². The molecule has 0 aromatic carbocycles. The van der Waals surface area contributed by atoms with E-state index < -0.39 is 0 Å². The van der Waals surface area contributed by atoms with Gasteiger partial charge in [0.2, 0.25) is 5.91 Å². The fraction of sp³-hybridized carbons (Fsp3) is 0.545. The summed E-state index contributed by atoms with van der Waals surface area (Å²) in [6.07, 6.45) is 8.10. The SMILES string of the molecule is CC(=O)N1CCC(c2cc(Nc3cnc(C)cn3)nc(N(C)CC3CC3)c2)CC1. The van der Waals surface area contributed by atoms with Crippen LogP contribution in [-0.4, -0.2) is 52.4 Å². The van der Waals surface area contributed by atoms with E-state index in [2.05, 4.69) is 39.4 Å². The van der Waals surface area contributed by atoms with Crippen molar-refractivity contribution in [1.82, 2.24) is 19.9 Å². The van der Waals surface area contributed by atoms with Gasteiger partial charge in [-0.3, -0.25) is 9.78 Å². The number of nitrogens with one attached hydrogen (secondary N) is 1. The zero-order valence-corrected chi connectivity index (χ0v) is 17.6. The number of hydrogen-bond acceptors (Lipinski definition) is 6. The Morgan fingerprint density at radius 2 is 1.90 bits per heavy atom. The van der Waals surface area contributed by atoms with Crippen LogP contribution in [0.3, 0.4) is 0 Å². The third-order valence-corrected chi connectivity index (χ3v) is 5.90. The number of aromatic nitrogens is 3. The topological polar surface area (TPSA) is 74.2 Å². The van der Waals surface area contributed by atoms with E-state index in [1.807, 2.05) is 11.8 Å². The Labute approximate surface area is 172 Å². The standard InChI is InChI=1S/C22H30N6O/c1-15-12-24-21(13-23-15)25-20-10-19(18-6-8-28(9-7-18)16(2)29)11-22(26-20)27(3)14-17-4-5-17/h10-13,17-18H,4-9,14H2,1-3H3,(H,24,25,26). The van der Waals surface area contributed by atoms with Crippen molar-refractivity contribution in [3.05, 3.63) is 35.8 Å². The van der Waals surface area contributed by atoms with Gasteiger partial charge in [-0.15, -0.1) is 0 Å². The first-order valence-electron chi connectivity index (χ1n) is 10.5. The minimum atomic E-state index is 0.170. The minimum absolute atomic E-state index is 0.170. The van der Waals surface area contributed by atoms with Crippen LogP contribution in [0.5, 0.6) is 0 Å². The summed E-state index contributed by atoms with van der Waals surface area (Å²) in [4.78, 5) is 29.4. The monoisotopic (exact) mass is 394 g/mol. The number of rotatable bonds is 6. The molecule has 3 heterocycles. The Balaban J connectivity index is 1.57. The maximum absolute atomic E-state index is 11.7. The lowest BCUT2D eigenvalue weighted by Gasteiger charge is -2.32. The zero-order valence-electron chi connectivity index (χ0n) is 17.6. The van der Waals surface area contributed by atoms with Gasteiger partial charge in [0.25, 0.3) is 0 Å². The van der Waals surface area contributed by atoms with Gasteiger partial charge in [0.15, 0.2) is 0 Å². The molecule has 7 nitrogen and oxygen atoms in total. The second kappa shape index (κ2) is 8.35. The van der Waals surface area contributed by atoms with Gasteiger partial charge in [0, 0.05) is 33.6 Å². The molecular weight excluding hydrogens is 364 g/mol. The third kappa shape index (κ3) is 5.02. The highest BCUT2D eigenvalue weighted by molar-refractivity contribution is 5.73. The molecule has 2 fully saturated rings. The Bertz CT molecular complexity index is 856. The first kappa shape index (κ1) is 19.6. The molecular formula is C22H30N6O. The van der Waals surface area contributed by atoms with Crippen molar-refractivity contribution in [2.75, 3.05) is 36.9 Å². The van der Waals surface area contributed by atoms with Crippen molar-refractivity contribution in [3.8, 4) is 0 Å². The maximum atomic E-state index is 11.7. The van der Waals surface area contributed by atoms with Gasteiger partial charge < -0.3 is 15.1 Å². The van der Waals surface area contributed by atoms with Crippen molar-refractivity contribution in [3.63, 3.8) is 0 Å². The molecule has 29 heavy (non-hydrogen) atoms. The van der Waals surface area contributed by atoms with Crippen LogP contribution in [0.15, 0.2) is 24.5 Å². The molecule has 1 amide bonds. The lowest BCUT2D eigenvalue weighted by atomic mass is 9.89. The number of piperidine rings is 1. The van der Waals surface area contributed by atoms with Crippen LogP contribution >= 0.6 is 0 Å². The molecule has 0 atom stereocenters. The van der Waals surface area contributed by atoms with Crippen LogP contribution in [0.4, 0.5) is 17.5 Å². The predicted molar refractivity (Wildman–Crippen MR) is 115 cm³/mol. The molecule has 1 saturated carbocycles. The largest absolute Gasteiger partial charge is 0.359 e. The Kier molecular flexibility index (Phi) is 5.65. The van der Waals surface area contributed by atoms with Crippen LogP contribution in [-0.2, 0) is 4.79 Å². The number of likely N-dealkylation sites (tertiary alicyclic amines) is 1. The van der Waals surface area contributed by atoms with Crippen molar-refractivity contribution >= 4 is 23.4 Å². The second-order valence-corrected chi connectivity index (χ2v) is 8.42. The van der Waals surface area contributed by atoms with E-state index in [1.54, 1.807) is 19.3 Å². The molecule has 0 spiro atoms. The van der Waals surface area contributed by atoms with Crippen LogP contribution in [0.1, 0.15) is 49.8 Å². The number of anilines is 3. The molecule has 1 aliphatic carbocycles. The molecule has 1 saturated heterocycles. The first-order valence-corrected chi connectivity index (χ1v) is 10.5. The summed E-state index contributed by atoms with van der Waals surface area (Å²) in [7, 11) is 2.12. The first-order chi connectivity index (χ1) is 14.0. The number of carbonyl (C=O) groups excluding carboxylic acids is 1. The van der Waals surface area contributed by atoms with Crippen molar-refractivity contribution < 1.29 is 4.79 Å². The number of aryl methyl sites for hydroxylation is 1. The highest BCUT2D eigenvalue weighted by Crippen LogP contribution is 2.34. The van der Waals surface area contributed by atoms with Gasteiger partial charge in [-0.1, -0.05) is 0 Å². The van der Waals surface area contributed by atoms with E-state index in [1.165, 1.54) is 18.4 Å². The molecule has 154 valence electrons. The van der Waals surface area contributed by atoms with Gasteiger partial charge in [0.1, 0.15) is 17.5 Å². The van der Waals surface area contributed by atoms with Crippen molar-refractivity contribution in [1.29, 1.82) is 0 Å². The molecule has 4 rings (SSSR count). The van der Waals surface area contributed by atoms with Crippen LogP contribution < -0.4 is 10.2 Å². The summed E-state index contributed by atoms with van der Waals surface area (Å²) in [6.45, 7) is 6.27. The molecule has 1 aliphatic heterocycles. The quantitative estimate of drug-likeness (QED) is 0.808. The number of pyridine rings is 1. The third-order valence-electron chi connectivity index (χ3n) is 5.90. The number of amides is 1. The van der Waals surface area contributed by atoms with E-state index in [-0.39, 0.29) is 5.91 Å². The van der Waals surface area contributed by atoms with E-state index in [0.29, 0.717) is 11.7 Å². The molecule has 2 aromatic heterocycles. The Morgan fingerprint density at radius 3 is 2.52 bits per heavy atom. The van der Waals surface area contributed by atoms with E-state index in [9.17, 15) is 4.79 Å². The van der Waals surface area contributed by atoms with Gasteiger partial charge in [0.05, 0.1) is 18.1 Å². The molecule has 7 heteroatoms. The van der Waals surface area contributed by atoms with Crippen LogP contribution in [0.25, 0.3) is 0 Å². The summed E-state index contributed by atoms with van der Waals surface area (Å²) in [5.74, 6) is 3.89. The van der Waals surface area contributed by atoms with Gasteiger partial charge in [-0.2, -0.15) is 0 Å². The Morgan fingerprint density at radius 1 is 1.14 bits per heavy atom.